The molecule has 0 aliphatic carbocycles. The normalized spacial score (nSPS) is 13.8. The molecule has 17 heavy (non-hydrogen) atoms. The molecule has 0 amide bonds. The van der Waals surface area contributed by atoms with Crippen molar-refractivity contribution in [2.75, 3.05) is 0 Å². The van der Waals surface area contributed by atoms with Crippen molar-refractivity contribution in [1.29, 1.82) is 0 Å². The molecule has 92 valence electrons. The Morgan fingerprint density at radius 2 is 2.29 bits per heavy atom. The molecule has 0 radical (unpaired) electrons. The fraction of sp³-hybridized carbons (Fsp3) is 0.300. The maximum absolute atomic E-state index is 11.9. The van der Waals surface area contributed by atoms with Gasteiger partial charge >= 0.3 is 0 Å². The maximum Gasteiger partial charge on any atom is 0.258 e. The summed E-state index contributed by atoms with van der Waals surface area (Å²) < 4.78 is 31.5. The number of aryl methyl sites for hydroxylation is 1. The van der Waals surface area contributed by atoms with Crippen molar-refractivity contribution >= 4 is 10.0 Å². The van der Waals surface area contributed by atoms with Crippen LogP contribution in [-0.4, -0.2) is 18.4 Å². The molecular formula is C10H13N3O3S. The van der Waals surface area contributed by atoms with Crippen LogP contribution < -0.4 is 4.72 Å². The van der Waals surface area contributed by atoms with E-state index in [4.69, 9.17) is 4.42 Å². The molecule has 0 aromatic carbocycles. The largest absolute Gasteiger partial charge is 0.468 e. The fourth-order valence-electron chi connectivity index (χ4n) is 1.43. The zero-order chi connectivity index (χ0) is 12.5. The second kappa shape index (κ2) is 4.34. The number of aromatic nitrogens is 2. The van der Waals surface area contributed by atoms with Crippen molar-refractivity contribution in [2.24, 2.45) is 0 Å². The number of nitrogens with one attached hydrogen (secondary N) is 2. The highest BCUT2D eigenvalue weighted by molar-refractivity contribution is 7.89. The Hall–Kier alpha value is -1.60. The van der Waals surface area contributed by atoms with Crippen LogP contribution in [0.25, 0.3) is 0 Å². The zero-order valence-electron chi connectivity index (χ0n) is 9.47. The summed E-state index contributed by atoms with van der Waals surface area (Å²) in [4.78, 5) is 6.53. The van der Waals surface area contributed by atoms with E-state index in [2.05, 4.69) is 14.7 Å². The van der Waals surface area contributed by atoms with Crippen molar-refractivity contribution in [3.05, 3.63) is 36.2 Å². The predicted molar refractivity (Wildman–Crippen MR) is 60.8 cm³/mol. The Kier molecular flexibility index (Phi) is 3.03. The number of hydrogen-bond donors (Lipinski definition) is 2. The van der Waals surface area contributed by atoms with Gasteiger partial charge in [0.05, 0.1) is 18.5 Å². The number of nitrogens with zero attached hydrogens (tertiary/aromatic N) is 1. The summed E-state index contributed by atoms with van der Waals surface area (Å²) in [6.07, 6.45) is 2.78. The molecule has 0 aliphatic rings. The van der Waals surface area contributed by atoms with Crippen LogP contribution in [0.2, 0.25) is 0 Å². The van der Waals surface area contributed by atoms with Crippen molar-refractivity contribution in [3.8, 4) is 0 Å². The maximum atomic E-state index is 11.9. The lowest BCUT2D eigenvalue weighted by Crippen LogP contribution is -2.26. The van der Waals surface area contributed by atoms with Gasteiger partial charge in [-0.05, 0) is 26.0 Å². The second-order valence-electron chi connectivity index (χ2n) is 3.69. The summed E-state index contributed by atoms with van der Waals surface area (Å²) in [7, 11) is -3.59. The summed E-state index contributed by atoms with van der Waals surface area (Å²) in [6.45, 7) is 3.40. The van der Waals surface area contributed by atoms with Crippen LogP contribution >= 0.6 is 0 Å². The lowest BCUT2D eigenvalue weighted by molar-refractivity contribution is 0.459. The summed E-state index contributed by atoms with van der Waals surface area (Å²) in [5, 5.41) is 0.0495. The fourth-order valence-corrected chi connectivity index (χ4v) is 2.61. The van der Waals surface area contributed by atoms with Crippen molar-refractivity contribution < 1.29 is 12.8 Å². The number of furan rings is 1. The van der Waals surface area contributed by atoms with Crippen molar-refractivity contribution in [2.45, 2.75) is 24.9 Å². The van der Waals surface area contributed by atoms with Crippen LogP contribution in [0, 0.1) is 6.92 Å². The van der Waals surface area contributed by atoms with Crippen LogP contribution in [0.1, 0.15) is 24.6 Å². The molecule has 2 aromatic rings. The minimum atomic E-state index is -3.59. The predicted octanol–water partition coefficient (Wildman–Crippen LogP) is 1.35. The highest BCUT2D eigenvalue weighted by Crippen LogP contribution is 2.16. The van der Waals surface area contributed by atoms with Gasteiger partial charge in [-0.2, -0.15) is 4.72 Å². The van der Waals surface area contributed by atoms with Gasteiger partial charge in [-0.15, -0.1) is 0 Å². The van der Waals surface area contributed by atoms with E-state index >= 15 is 0 Å². The average molecular weight is 255 g/mol. The van der Waals surface area contributed by atoms with Crippen LogP contribution in [0.4, 0.5) is 0 Å². The van der Waals surface area contributed by atoms with Crippen molar-refractivity contribution in [3.63, 3.8) is 0 Å². The third-order valence-electron chi connectivity index (χ3n) is 2.27. The van der Waals surface area contributed by atoms with Gasteiger partial charge in [0.1, 0.15) is 11.6 Å². The summed E-state index contributed by atoms with van der Waals surface area (Å²) >= 11 is 0. The van der Waals surface area contributed by atoms with E-state index in [-0.39, 0.29) is 5.03 Å². The summed E-state index contributed by atoms with van der Waals surface area (Å²) in [5.74, 6) is 1.11. The molecule has 0 fully saturated rings. The first-order valence-corrected chi connectivity index (χ1v) is 6.55. The van der Waals surface area contributed by atoms with E-state index in [1.807, 2.05) is 0 Å². The molecule has 0 saturated heterocycles. The Bertz CT molecular complexity index is 586. The molecule has 7 heteroatoms. The number of rotatable bonds is 4. The second-order valence-corrected chi connectivity index (χ2v) is 5.37. The standard InChI is InChI=1S/C10H13N3O3S/c1-7(9-4-3-5-16-9)13-17(14,15)10-6-11-8(2)12-10/h3-7,13H,1-2H3,(H,11,12). The number of H-pyrrole nitrogens is 1. The van der Waals surface area contributed by atoms with Gasteiger partial charge in [0.2, 0.25) is 0 Å². The Balaban J connectivity index is 2.18. The van der Waals surface area contributed by atoms with Crippen LogP contribution in [0.5, 0.6) is 0 Å². The minimum absolute atomic E-state index is 0.0495. The lowest BCUT2D eigenvalue weighted by Gasteiger charge is -2.10. The molecule has 6 nitrogen and oxygen atoms in total. The van der Waals surface area contributed by atoms with E-state index < -0.39 is 16.1 Å². The molecule has 2 N–H and O–H groups in total. The first-order chi connectivity index (χ1) is 7.99. The quantitative estimate of drug-likeness (QED) is 0.863. The summed E-state index contributed by atoms with van der Waals surface area (Å²) in [6, 6.07) is 2.99. The molecule has 2 rings (SSSR count). The van der Waals surface area contributed by atoms with Gasteiger partial charge in [-0.3, -0.25) is 0 Å². The molecule has 0 saturated carbocycles. The molecule has 0 spiro atoms. The number of hydrogen-bond acceptors (Lipinski definition) is 4. The monoisotopic (exact) mass is 255 g/mol. The first-order valence-electron chi connectivity index (χ1n) is 5.06. The number of aromatic amines is 1. The van der Waals surface area contributed by atoms with Gasteiger partial charge in [-0.1, -0.05) is 0 Å². The highest BCUT2D eigenvalue weighted by Gasteiger charge is 2.21. The van der Waals surface area contributed by atoms with E-state index in [9.17, 15) is 8.42 Å². The molecule has 0 aliphatic heterocycles. The third-order valence-corrected chi connectivity index (χ3v) is 3.72. The van der Waals surface area contributed by atoms with Gasteiger partial charge < -0.3 is 9.40 Å². The molecular weight excluding hydrogens is 242 g/mol. The SMILES string of the molecule is Cc1ncc(S(=O)(=O)NC(C)c2ccco2)[nH]1. The van der Waals surface area contributed by atoms with Gasteiger partial charge in [-0.25, -0.2) is 13.4 Å². The highest BCUT2D eigenvalue weighted by atomic mass is 32.2. The average Bonchev–Trinajstić information content (AvgIpc) is 2.86. The molecule has 2 heterocycles. The Morgan fingerprint density at radius 3 is 2.82 bits per heavy atom. The van der Waals surface area contributed by atoms with Crippen molar-refractivity contribution in [1.82, 2.24) is 14.7 Å². The van der Waals surface area contributed by atoms with Crippen LogP contribution in [-0.2, 0) is 10.0 Å². The smallest absolute Gasteiger partial charge is 0.258 e. The molecule has 2 aromatic heterocycles. The van der Waals surface area contributed by atoms with E-state index in [0.717, 1.165) is 0 Å². The van der Waals surface area contributed by atoms with Gasteiger partial charge in [0, 0.05) is 0 Å². The Labute approximate surface area is 99.1 Å². The van der Waals surface area contributed by atoms with E-state index in [1.165, 1.54) is 12.5 Å². The summed E-state index contributed by atoms with van der Waals surface area (Å²) in [5.41, 5.74) is 0. The Morgan fingerprint density at radius 1 is 1.53 bits per heavy atom. The molecule has 1 unspecified atom stereocenters. The lowest BCUT2D eigenvalue weighted by atomic mass is 10.3. The van der Waals surface area contributed by atoms with E-state index in [1.54, 1.807) is 26.0 Å². The third kappa shape index (κ3) is 2.56. The molecule has 0 bridgehead atoms. The molecule has 1 atom stereocenters. The van der Waals surface area contributed by atoms with Gasteiger partial charge in [0.25, 0.3) is 10.0 Å². The van der Waals surface area contributed by atoms with E-state index in [0.29, 0.717) is 11.6 Å². The topological polar surface area (TPSA) is 88.0 Å². The van der Waals surface area contributed by atoms with Crippen LogP contribution in [0.15, 0.2) is 34.0 Å². The number of imidazole rings is 1. The number of sulfonamides is 1. The first kappa shape index (κ1) is 11.9. The zero-order valence-corrected chi connectivity index (χ0v) is 10.3. The van der Waals surface area contributed by atoms with Gasteiger partial charge in [0.15, 0.2) is 5.03 Å². The minimum Gasteiger partial charge on any atom is -0.468 e. The van der Waals surface area contributed by atoms with Crippen LogP contribution in [0.3, 0.4) is 0 Å².